The van der Waals surface area contributed by atoms with Gasteiger partial charge in [0.15, 0.2) is 22.6 Å². The lowest BCUT2D eigenvalue weighted by Gasteiger charge is -2.17. The molecule has 2 aromatic carbocycles. The minimum atomic E-state index is -3.87. The molecule has 344 valence electrons. The number of alkyl halides is 2. The predicted octanol–water partition coefficient (Wildman–Crippen LogP) is 6.86. The van der Waals surface area contributed by atoms with Crippen LogP contribution in [0.2, 0.25) is 0 Å². The minimum absolute atomic E-state index is 0.0281. The molecule has 22 heteroatoms. The van der Waals surface area contributed by atoms with Crippen LogP contribution < -0.4 is 5.32 Å². The van der Waals surface area contributed by atoms with Crippen molar-refractivity contribution in [3.63, 3.8) is 0 Å². The third-order valence-electron chi connectivity index (χ3n) is 12.4. The van der Waals surface area contributed by atoms with Crippen LogP contribution in [-0.2, 0) is 20.0 Å². The molecule has 0 unspecified atom stereocenters. The van der Waals surface area contributed by atoms with Crippen molar-refractivity contribution in [2.45, 2.75) is 55.7 Å². The van der Waals surface area contributed by atoms with Gasteiger partial charge in [0.05, 0.1) is 39.8 Å². The van der Waals surface area contributed by atoms with E-state index >= 15 is 0 Å². The predicted molar refractivity (Wildman–Crippen MR) is 242 cm³/mol. The Kier molecular flexibility index (Phi) is 11.6. The van der Waals surface area contributed by atoms with E-state index in [0.29, 0.717) is 54.2 Å². The fraction of sp³-hybridized carbons (Fsp3) is 0.318. The van der Waals surface area contributed by atoms with Crippen LogP contribution in [0.3, 0.4) is 0 Å². The highest BCUT2D eigenvalue weighted by atomic mass is 35.5. The summed E-state index contributed by atoms with van der Waals surface area (Å²) in [6.45, 7) is 8.93. The molecule has 8 aromatic rings. The van der Waals surface area contributed by atoms with Crippen LogP contribution in [-0.4, -0.2) is 114 Å². The Morgan fingerprint density at radius 3 is 1.48 bits per heavy atom. The second-order valence-corrected chi connectivity index (χ2v) is 20.8. The lowest BCUT2D eigenvalue weighted by molar-refractivity contribution is 0.141. The van der Waals surface area contributed by atoms with Crippen molar-refractivity contribution >= 4 is 76.7 Å². The number of fused-ring (bicyclic) bond motifs is 6. The van der Waals surface area contributed by atoms with E-state index in [1.807, 2.05) is 29.6 Å². The van der Waals surface area contributed by atoms with E-state index in [1.165, 1.54) is 27.5 Å². The van der Waals surface area contributed by atoms with Gasteiger partial charge in [-0.15, -0.1) is 0 Å². The maximum Gasteiger partial charge on any atom is 0.317 e. The molecule has 6 aromatic heterocycles. The molecule has 1 N–H and O–H groups in total. The molecule has 2 aliphatic heterocycles. The topological polar surface area (TPSA) is 191 Å². The van der Waals surface area contributed by atoms with E-state index in [0.717, 1.165) is 26.5 Å². The number of halogens is 3. The molecular formula is C44H44ClF2N11O6S2. The summed E-state index contributed by atoms with van der Waals surface area (Å²) in [6, 6.07) is 16.2. The highest BCUT2D eigenvalue weighted by Crippen LogP contribution is 2.36. The number of likely N-dealkylation sites (tertiary alicyclic amines) is 2. The van der Waals surface area contributed by atoms with Gasteiger partial charge in [-0.2, -0.15) is 0 Å². The van der Waals surface area contributed by atoms with E-state index in [1.54, 1.807) is 84.2 Å². The number of urea groups is 1. The maximum atomic E-state index is 13.3. The van der Waals surface area contributed by atoms with Crippen LogP contribution in [0.4, 0.5) is 18.4 Å². The fourth-order valence-electron chi connectivity index (χ4n) is 8.94. The van der Waals surface area contributed by atoms with Crippen LogP contribution in [0, 0.1) is 25.7 Å². The Morgan fingerprint density at radius 2 is 1.08 bits per heavy atom. The first-order valence-corrected chi connectivity index (χ1v) is 24.3. The standard InChI is InChI=1S/C23H24F2N6O3S.C21H20ClN5O3S/c1-14-3-5-16(6-4-14)35(33,34)30-8-7-18-22(30)27-11-21-26-9-19(31(18)21)17-13-29(12-15(17)2)23(32)28-10-20(24)25;1-13-3-5-15(6-4-13)31(29,30)26-8-7-17-20(26)24-10-19-23-9-18(27(17)19)16-12-25(21(22)28)11-14(16)2/h3-9,11,15,17,20H,10,12-13H2,1-2H3,(H,28,32);3-10,14,16H,11-12H2,1-2H3/t15-,17+;14-,16+/m11/s1. The number of aromatic nitrogens is 8. The summed E-state index contributed by atoms with van der Waals surface area (Å²) in [5.41, 5.74) is 6.60. The average Bonchev–Trinajstić information content (AvgIpc) is 4.14. The van der Waals surface area contributed by atoms with Gasteiger partial charge in [0.1, 0.15) is 0 Å². The van der Waals surface area contributed by atoms with Crippen LogP contribution in [0.15, 0.2) is 108 Å². The number of carbonyl (C=O) groups excluding carboxylic acids is 2. The highest BCUT2D eigenvalue weighted by Gasteiger charge is 2.37. The van der Waals surface area contributed by atoms with Gasteiger partial charge in [-0.1, -0.05) is 49.2 Å². The molecule has 2 saturated heterocycles. The van der Waals surface area contributed by atoms with Crippen molar-refractivity contribution in [2.75, 3.05) is 32.7 Å². The number of hydrogen-bond acceptors (Lipinski definition) is 10. The van der Waals surface area contributed by atoms with Gasteiger partial charge < -0.3 is 15.1 Å². The summed E-state index contributed by atoms with van der Waals surface area (Å²) in [5.74, 6) is 0.128. The van der Waals surface area contributed by atoms with Crippen molar-refractivity contribution in [3.05, 3.63) is 120 Å². The molecule has 8 heterocycles. The van der Waals surface area contributed by atoms with Gasteiger partial charge in [0.2, 0.25) is 0 Å². The summed E-state index contributed by atoms with van der Waals surface area (Å²) in [4.78, 5) is 45.1. The van der Waals surface area contributed by atoms with Gasteiger partial charge in [-0.05, 0) is 73.7 Å². The van der Waals surface area contributed by atoms with Crippen molar-refractivity contribution in [3.8, 4) is 0 Å². The summed E-state index contributed by atoms with van der Waals surface area (Å²) in [6.07, 6.45) is 6.92. The zero-order valence-corrected chi connectivity index (χ0v) is 38.4. The Balaban J connectivity index is 0.000000167. The Hall–Kier alpha value is -6.45. The monoisotopic (exact) mass is 959 g/mol. The zero-order chi connectivity index (χ0) is 46.8. The van der Waals surface area contributed by atoms with Crippen molar-refractivity contribution in [2.24, 2.45) is 11.8 Å². The molecule has 66 heavy (non-hydrogen) atoms. The summed E-state index contributed by atoms with van der Waals surface area (Å²) in [7, 11) is -7.67. The van der Waals surface area contributed by atoms with Crippen LogP contribution in [0.25, 0.3) is 33.6 Å². The third kappa shape index (κ3) is 7.91. The zero-order valence-electron chi connectivity index (χ0n) is 36.0. The van der Waals surface area contributed by atoms with Gasteiger partial charge in [0, 0.05) is 74.2 Å². The van der Waals surface area contributed by atoms with E-state index in [9.17, 15) is 35.2 Å². The number of amides is 3. The van der Waals surface area contributed by atoms with E-state index in [4.69, 9.17) is 11.6 Å². The first kappa shape index (κ1) is 44.7. The highest BCUT2D eigenvalue weighted by molar-refractivity contribution is 7.90. The SMILES string of the molecule is Cc1ccc(S(=O)(=O)n2ccc3c2ncc2ncc([C@H]4CN(C(=O)Cl)C[C@H]4C)n23)cc1.Cc1ccc(S(=O)(=O)n2ccc3c2ncc2ncc([C@H]4CN(C(=O)NCC(F)F)C[C@H]4C)n23)cc1. The molecule has 2 fully saturated rings. The number of nitrogens with one attached hydrogen (secondary N) is 1. The number of benzene rings is 2. The summed E-state index contributed by atoms with van der Waals surface area (Å²) >= 11 is 5.70. The van der Waals surface area contributed by atoms with Gasteiger partial charge in [0.25, 0.3) is 26.5 Å². The summed E-state index contributed by atoms with van der Waals surface area (Å²) in [5, 5.41) is 1.78. The normalized spacial score (nSPS) is 19.1. The fourth-order valence-corrected chi connectivity index (χ4v) is 11.7. The van der Waals surface area contributed by atoms with Crippen LogP contribution in [0.1, 0.15) is 48.2 Å². The van der Waals surface area contributed by atoms with Gasteiger partial charge in [-0.25, -0.2) is 58.3 Å². The molecule has 17 nitrogen and oxygen atoms in total. The number of nitrogens with zero attached hydrogens (tertiary/aromatic N) is 10. The molecule has 4 atom stereocenters. The molecule has 0 saturated carbocycles. The van der Waals surface area contributed by atoms with Crippen LogP contribution in [0.5, 0.6) is 0 Å². The largest absolute Gasteiger partial charge is 0.332 e. The first-order valence-electron chi connectivity index (χ1n) is 21.0. The van der Waals surface area contributed by atoms with Crippen molar-refractivity contribution in [1.29, 1.82) is 0 Å². The lowest BCUT2D eigenvalue weighted by atomic mass is 9.95. The second kappa shape index (κ2) is 17.1. The van der Waals surface area contributed by atoms with E-state index in [2.05, 4.69) is 32.2 Å². The van der Waals surface area contributed by atoms with Gasteiger partial charge in [-0.3, -0.25) is 13.6 Å². The molecule has 0 bridgehead atoms. The molecule has 3 amide bonds. The van der Waals surface area contributed by atoms with Gasteiger partial charge >= 0.3 is 11.4 Å². The Bertz CT molecular complexity index is 3390. The van der Waals surface area contributed by atoms with Crippen LogP contribution >= 0.6 is 11.6 Å². The quantitative estimate of drug-likeness (QED) is 0.124. The smallest absolute Gasteiger partial charge is 0.317 e. The molecule has 0 aliphatic carbocycles. The third-order valence-corrected chi connectivity index (χ3v) is 16.0. The molecular weight excluding hydrogens is 916 g/mol. The molecule has 10 rings (SSSR count). The lowest BCUT2D eigenvalue weighted by Crippen LogP contribution is -2.40. The second-order valence-electron chi connectivity index (χ2n) is 16.9. The minimum Gasteiger partial charge on any atom is -0.332 e. The Labute approximate surface area is 382 Å². The molecule has 0 spiro atoms. The van der Waals surface area contributed by atoms with Crippen molar-refractivity contribution < 1.29 is 35.2 Å². The number of hydrogen-bond donors (Lipinski definition) is 1. The molecule has 2 aliphatic rings. The number of carbonyl (C=O) groups is 2. The number of imidazole rings is 2. The maximum absolute atomic E-state index is 13.3. The average molecular weight is 960 g/mol. The summed E-state index contributed by atoms with van der Waals surface area (Å²) < 4.78 is 84.2. The molecule has 0 radical (unpaired) electrons. The first-order chi connectivity index (χ1) is 31.4. The van der Waals surface area contributed by atoms with E-state index in [-0.39, 0.29) is 39.1 Å². The Morgan fingerprint density at radius 1 is 0.652 bits per heavy atom. The van der Waals surface area contributed by atoms with E-state index < -0.39 is 44.4 Å². The number of aryl methyl sites for hydroxylation is 2. The number of rotatable bonds is 8. The van der Waals surface area contributed by atoms with Crippen molar-refractivity contribution in [1.82, 2.24) is 51.8 Å².